The summed E-state index contributed by atoms with van der Waals surface area (Å²) in [6.45, 7) is 5.04. The van der Waals surface area contributed by atoms with Crippen LogP contribution in [0, 0.1) is 12.8 Å². The normalized spacial score (nSPS) is 12.8. The largest absolute Gasteiger partial charge is 0.339 e. The molecule has 0 aromatic carbocycles. The van der Waals surface area contributed by atoms with E-state index < -0.39 is 0 Å². The number of thiophene rings is 1. The van der Waals surface area contributed by atoms with Crippen molar-refractivity contribution in [3.8, 4) is 11.4 Å². The zero-order valence-corrected chi connectivity index (χ0v) is 13.1. The molecule has 0 aliphatic carbocycles. The minimum absolute atomic E-state index is 0.670. The van der Waals surface area contributed by atoms with E-state index in [-0.39, 0.29) is 0 Å². The molecule has 2 N–H and O–H groups in total. The van der Waals surface area contributed by atoms with Crippen molar-refractivity contribution in [2.75, 3.05) is 6.54 Å². The van der Waals surface area contributed by atoms with Gasteiger partial charge in [-0.05, 0) is 43.2 Å². The standard InChI is InChI=1S/C15H23N3OS/c1-3-4-12(7-8-16)5-6-14-17-15(18-19-14)13-10-20-9-11(13)2/h9-10,12H,3-8,16H2,1-2H3. The molecule has 2 aromatic heterocycles. The van der Waals surface area contributed by atoms with E-state index in [1.165, 1.54) is 18.4 Å². The van der Waals surface area contributed by atoms with E-state index in [2.05, 4.69) is 34.7 Å². The van der Waals surface area contributed by atoms with Crippen LogP contribution >= 0.6 is 11.3 Å². The number of aromatic nitrogens is 2. The van der Waals surface area contributed by atoms with Gasteiger partial charge in [0.25, 0.3) is 0 Å². The number of aryl methyl sites for hydroxylation is 2. The molecule has 0 aliphatic rings. The van der Waals surface area contributed by atoms with Crippen molar-refractivity contribution in [3.63, 3.8) is 0 Å². The molecule has 2 aromatic rings. The van der Waals surface area contributed by atoms with Crippen LogP contribution < -0.4 is 5.73 Å². The minimum Gasteiger partial charge on any atom is -0.339 e. The second kappa shape index (κ2) is 7.55. The molecule has 0 amide bonds. The van der Waals surface area contributed by atoms with Gasteiger partial charge in [-0.1, -0.05) is 24.9 Å². The number of nitrogens with zero attached hydrogens (tertiary/aromatic N) is 2. The predicted molar refractivity (Wildman–Crippen MR) is 82.7 cm³/mol. The third-order valence-corrected chi connectivity index (χ3v) is 4.46. The molecule has 0 saturated carbocycles. The molecule has 0 saturated heterocycles. The van der Waals surface area contributed by atoms with Crippen molar-refractivity contribution in [2.45, 2.75) is 46.0 Å². The summed E-state index contributed by atoms with van der Waals surface area (Å²) >= 11 is 1.67. The Bertz CT molecular complexity index is 515. The van der Waals surface area contributed by atoms with Crippen LogP contribution in [0.2, 0.25) is 0 Å². The highest BCUT2D eigenvalue weighted by molar-refractivity contribution is 7.08. The Balaban J connectivity index is 1.94. The van der Waals surface area contributed by atoms with Crippen LogP contribution in [0.25, 0.3) is 11.4 Å². The third-order valence-electron chi connectivity index (χ3n) is 3.60. The summed E-state index contributed by atoms with van der Waals surface area (Å²) in [5.41, 5.74) is 7.95. The second-order valence-electron chi connectivity index (χ2n) is 5.25. The minimum atomic E-state index is 0.670. The third kappa shape index (κ3) is 3.90. The zero-order chi connectivity index (χ0) is 14.4. The van der Waals surface area contributed by atoms with E-state index in [9.17, 15) is 0 Å². The molecular weight excluding hydrogens is 270 g/mol. The van der Waals surface area contributed by atoms with Crippen LogP contribution in [0.4, 0.5) is 0 Å². The van der Waals surface area contributed by atoms with Crippen molar-refractivity contribution in [1.29, 1.82) is 0 Å². The van der Waals surface area contributed by atoms with Crippen molar-refractivity contribution in [2.24, 2.45) is 11.7 Å². The summed E-state index contributed by atoms with van der Waals surface area (Å²) in [5, 5.41) is 8.25. The van der Waals surface area contributed by atoms with Gasteiger partial charge in [-0.3, -0.25) is 0 Å². The van der Waals surface area contributed by atoms with Crippen LogP contribution in [-0.4, -0.2) is 16.7 Å². The molecule has 0 spiro atoms. The molecule has 2 rings (SSSR count). The molecule has 1 atom stereocenters. The van der Waals surface area contributed by atoms with Crippen LogP contribution in [0.5, 0.6) is 0 Å². The summed E-state index contributed by atoms with van der Waals surface area (Å²) in [7, 11) is 0. The first-order chi connectivity index (χ1) is 9.74. The zero-order valence-electron chi connectivity index (χ0n) is 12.3. The number of rotatable bonds is 8. The van der Waals surface area contributed by atoms with Crippen molar-refractivity contribution in [3.05, 3.63) is 22.2 Å². The van der Waals surface area contributed by atoms with Gasteiger partial charge >= 0.3 is 0 Å². The first kappa shape index (κ1) is 15.2. The summed E-state index contributed by atoms with van der Waals surface area (Å²) in [4.78, 5) is 4.50. The second-order valence-corrected chi connectivity index (χ2v) is 5.99. The molecule has 0 aliphatic heterocycles. The SMILES string of the molecule is CCCC(CCN)CCc1nc(-c2cscc2C)no1. The van der Waals surface area contributed by atoms with Crippen LogP contribution in [0.15, 0.2) is 15.3 Å². The fourth-order valence-corrected chi connectivity index (χ4v) is 3.29. The van der Waals surface area contributed by atoms with E-state index in [1.807, 2.05) is 0 Å². The highest BCUT2D eigenvalue weighted by Gasteiger charge is 2.13. The highest BCUT2D eigenvalue weighted by atomic mass is 32.1. The number of hydrogen-bond acceptors (Lipinski definition) is 5. The average Bonchev–Trinajstić information content (AvgIpc) is 3.05. The van der Waals surface area contributed by atoms with Crippen LogP contribution in [-0.2, 0) is 6.42 Å². The first-order valence-electron chi connectivity index (χ1n) is 7.30. The Kier molecular flexibility index (Phi) is 5.73. The lowest BCUT2D eigenvalue weighted by Gasteiger charge is -2.13. The lowest BCUT2D eigenvalue weighted by molar-refractivity contribution is 0.349. The Morgan fingerprint density at radius 1 is 1.30 bits per heavy atom. The molecule has 1 unspecified atom stereocenters. The van der Waals surface area contributed by atoms with Gasteiger partial charge in [-0.25, -0.2) is 0 Å². The monoisotopic (exact) mass is 293 g/mol. The van der Waals surface area contributed by atoms with E-state index in [0.717, 1.165) is 37.3 Å². The molecule has 2 heterocycles. The molecule has 0 radical (unpaired) electrons. The summed E-state index contributed by atoms with van der Waals surface area (Å²) in [5.74, 6) is 2.12. The topological polar surface area (TPSA) is 64.9 Å². The van der Waals surface area contributed by atoms with Crippen molar-refractivity contribution < 1.29 is 4.52 Å². The molecule has 0 fully saturated rings. The van der Waals surface area contributed by atoms with Gasteiger partial charge in [0.1, 0.15) is 0 Å². The maximum atomic E-state index is 5.66. The quantitative estimate of drug-likeness (QED) is 0.804. The number of hydrogen-bond donors (Lipinski definition) is 1. The smallest absolute Gasteiger partial charge is 0.226 e. The van der Waals surface area contributed by atoms with Gasteiger partial charge in [0.05, 0.1) is 0 Å². The maximum Gasteiger partial charge on any atom is 0.226 e. The van der Waals surface area contributed by atoms with E-state index in [1.54, 1.807) is 11.3 Å². The average molecular weight is 293 g/mol. The summed E-state index contributed by atoms with van der Waals surface area (Å²) in [6, 6.07) is 0. The highest BCUT2D eigenvalue weighted by Crippen LogP contribution is 2.25. The Morgan fingerprint density at radius 3 is 2.80 bits per heavy atom. The fraction of sp³-hybridized carbons (Fsp3) is 0.600. The summed E-state index contributed by atoms with van der Waals surface area (Å²) in [6.07, 6.45) is 5.43. The molecule has 5 heteroatoms. The Morgan fingerprint density at radius 2 is 2.15 bits per heavy atom. The van der Waals surface area contributed by atoms with Gasteiger partial charge < -0.3 is 10.3 Å². The Labute approximate surface area is 124 Å². The van der Waals surface area contributed by atoms with Crippen LogP contribution in [0.3, 0.4) is 0 Å². The van der Waals surface area contributed by atoms with Crippen molar-refractivity contribution >= 4 is 11.3 Å². The van der Waals surface area contributed by atoms with Gasteiger partial charge in [0.15, 0.2) is 0 Å². The summed E-state index contributed by atoms with van der Waals surface area (Å²) < 4.78 is 5.36. The molecule has 4 nitrogen and oxygen atoms in total. The van der Waals surface area contributed by atoms with Crippen molar-refractivity contribution in [1.82, 2.24) is 10.1 Å². The van der Waals surface area contributed by atoms with E-state index in [4.69, 9.17) is 10.3 Å². The molecule has 20 heavy (non-hydrogen) atoms. The van der Waals surface area contributed by atoms with Gasteiger partial charge in [0, 0.05) is 17.4 Å². The first-order valence-corrected chi connectivity index (χ1v) is 8.24. The predicted octanol–water partition coefficient (Wildman–Crippen LogP) is 3.80. The number of nitrogens with two attached hydrogens (primary N) is 1. The fourth-order valence-electron chi connectivity index (χ4n) is 2.46. The molecule has 0 bridgehead atoms. The molecular formula is C15H23N3OS. The maximum absolute atomic E-state index is 5.66. The van der Waals surface area contributed by atoms with Gasteiger partial charge in [0.2, 0.25) is 11.7 Å². The van der Waals surface area contributed by atoms with E-state index in [0.29, 0.717) is 11.7 Å². The molecule has 110 valence electrons. The van der Waals surface area contributed by atoms with Gasteiger partial charge in [-0.2, -0.15) is 16.3 Å². The van der Waals surface area contributed by atoms with Gasteiger partial charge in [-0.15, -0.1) is 0 Å². The Hall–Kier alpha value is -1.20. The lowest BCUT2D eigenvalue weighted by atomic mass is 9.94. The lowest BCUT2D eigenvalue weighted by Crippen LogP contribution is -2.09. The van der Waals surface area contributed by atoms with Crippen LogP contribution in [0.1, 0.15) is 44.1 Å². The van der Waals surface area contributed by atoms with E-state index >= 15 is 0 Å².